The Kier molecular flexibility index (Phi) is 14.7. The molecule has 0 bridgehead atoms. The summed E-state index contributed by atoms with van der Waals surface area (Å²) in [6, 6.07) is 2.28. The lowest BCUT2D eigenvalue weighted by molar-refractivity contribution is 0.0619. The highest BCUT2D eigenvalue weighted by molar-refractivity contribution is 6.86. The average molecular weight is 485 g/mol. The fraction of sp³-hybridized carbons (Fsp3) is 1.00. The van der Waals surface area contributed by atoms with Gasteiger partial charge in [-0.1, -0.05) is 20.8 Å². The molecule has 0 spiro atoms. The monoisotopic (exact) mass is 484 g/mol. The molecule has 0 radical (unpaired) electrons. The number of hydrogen-bond donors (Lipinski definition) is 0. The molecule has 0 aliphatic heterocycles. The lowest BCUT2D eigenvalue weighted by Crippen LogP contribution is -2.65. The summed E-state index contributed by atoms with van der Waals surface area (Å²) in [7, 11) is -4.68. The largest absolute Gasteiger partial charge is 0.412 e. The fourth-order valence-electron chi connectivity index (χ4n) is 2.78. The lowest BCUT2D eigenvalue weighted by Gasteiger charge is -2.44. The van der Waals surface area contributed by atoms with E-state index < -0.39 is 25.7 Å². The van der Waals surface area contributed by atoms with Crippen molar-refractivity contribution in [2.24, 2.45) is 0 Å². The third kappa shape index (κ3) is 10.3. The van der Waals surface area contributed by atoms with Crippen molar-refractivity contribution in [1.82, 2.24) is 0 Å². The molecule has 0 heterocycles. The zero-order valence-electron chi connectivity index (χ0n) is 21.3. The minimum Gasteiger partial charge on any atom is -0.412 e. The van der Waals surface area contributed by atoms with Crippen LogP contribution in [0.1, 0.15) is 62.3 Å². The molecule has 0 aliphatic rings. The van der Waals surface area contributed by atoms with Gasteiger partial charge in [-0.25, -0.2) is 0 Å². The first-order valence-electron chi connectivity index (χ1n) is 11.3. The van der Waals surface area contributed by atoms with Crippen LogP contribution >= 0.6 is 0 Å². The number of rotatable bonds is 18. The van der Waals surface area contributed by atoms with E-state index in [4.69, 9.17) is 31.3 Å². The zero-order valence-corrected chi connectivity index (χ0v) is 24.3. The Morgan fingerprint density at radius 3 is 0.967 bits per heavy atom. The summed E-state index contributed by atoms with van der Waals surface area (Å²) in [6.45, 7) is 18.5. The van der Waals surface area contributed by atoms with Gasteiger partial charge in [0.2, 0.25) is 0 Å². The maximum absolute atomic E-state index is 6.92. The lowest BCUT2D eigenvalue weighted by atomic mass is 10.5. The summed E-state index contributed by atoms with van der Waals surface area (Å²) >= 11 is 0. The van der Waals surface area contributed by atoms with Crippen LogP contribution in [0.3, 0.4) is 0 Å². The van der Waals surface area contributed by atoms with Crippen LogP contribution in [0.4, 0.5) is 0 Å². The van der Waals surface area contributed by atoms with Crippen molar-refractivity contribution in [3.63, 3.8) is 0 Å². The van der Waals surface area contributed by atoms with E-state index in [-0.39, 0.29) is 18.3 Å². The van der Waals surface area contributed by atoms with Crippen LogP contribution in [0.2, 0.25) is 18.1 Å². The van der Waals surface area contributed by atoms with Crippen molar-refractivity contribution < 1.29 is 31.3 Å². The van der Waals surface area contributed by atoms with E-state index in [1.807, 2.05) is 41.5 Å². The second-order valence-corrected chi connectivity index (χ2v) is 19.4. The molecule has 7 nitrogen and oxygen atoms in total. The smallest absolute Gasteiger partial charge is 0.355 e. The molecular weight excluding hydrogens is 436 g/mol. The van der Waals surface area contributed by atoms with Crippen LogP contribution in [0.25, 0.3) is 0 Å². The zero-order chi connectivity index (χ0) is 23.4. The Morgan fingerprint density at radius 2 is 0.767 bits per heavy atom. The van der Waals surface area contributed by atoms with E-state index in [2.05, 4.69) is 20.8 Å². The summed E-state index contributed by atoms with van der Waals surface area (Å²) in [6.07, 6.45) is 1.66. The molecule has 0 aromatic heterocycles. The van der Waals surface area contributed by atoms with E-state index in [0.717, 1.165) is 18.1 Å². The molecule has 182 valence electrons. The highest BCUT2D eigenvalue weighted by Gasteiger charge is 2.53. The molecule has 0 N–H and O–H groups in total. The van der Waals surface area contributed by atoms with E-state index in [9.17, 15) is 0 Å². The quantitative estimate of drug-likeness (QED) is 0.264. The van der Waals surface area contributed by atoms with Gasteiger partial charge >= 0.3 is 25.7 Å². The van der Waals surface area contributed by atoms with Crippen molar-refractivity contribution in [2.75, 3.05) is 32.9 Å². The Bertz CT molecular complexity index is 412. The molecule has 0 saturated heterocycles. The minimum absolute atomic E-state index is 0.0786. The number of ether oxygens (including phenoxy) is 3. The average Bonchev–Trinajstić information content (AvgIpc) is 2.72. The molecule has 0 aromatic rings. The van der Waals surface area contributed by atoms with Gasteiger partial charge in [-0.05, 0) is 59.7 Å². The van der Waals surface area contributed by atoms with Gasteiger partial charge in [-0.15, -0.1) is 0 Å². The molecule has 10 heteroatoms. The molecule has 2 unspecified atom stereocenters. The van der Waals surface area contributed by atoms with Crippen molar-refractivity contribution in [3.05, 3.63) is 0 Å². The first-order valence-corrected chi connectivity index (χ1v) is 18.0. The summed E-state index contributed by atoms with van der Waals surface area (Å²) in [5, 5.41) is 0. The SMILES string of the molecule is CC[Si](COC(C)C)(OC)O[Si](CC)(COC(C)C)O[Si](CC)(COC(C)C)OC. The Morgan fingerprint density at radius 1 is 0.500 bits per heavy atom. The van der Waals surface area contributed by atoms with Crippen LogP contribution in [0, 0.1) is 0 Å². The van der Waals surface area contributed by atoms with Gasteiger partial charge in [0.25, 0.3) is 0 Å². The van der Waals surface area contributed by atoms with E-state index >= 15 is 0 Å². The third-order valence-corrected chi connectivity index (χ3v) is 17.5. The first kappa shape index (κ1) is 30.4. The second-order valence-electron chi connectivity index (χ2n) is 8.48. The van der Waals surface area contributed by atoms with Gasteiger partial charge in [-0.3, -0.25) is 0 Å². The summed E-state index contributed by atoms with van der Waals surface area (Å²) in [5.41, 5.74) is 0. The van der Waals surface area contributed by atoms with Gasteiger partial charge in [0, 0.05) is 14.2 Å². The van der Waals surface area contributed by atoms with Crippen molar-refractivity contribution in [1.29, 1.82) is 0 Å². The fourth-order valence-corrected chi connectivity index (χ4v) is 15.9. The topological polar surface area (TPSA) is 64.6 Å². The minimum atomic E-state index is -2.84. The molecule has 0 aliphatic carbocycles. The van der Waals surface area contributed by atoms with Crippen LogP contribution in [0.15, 0.2) is 0 Å². The molecule has 30 heavy (non-hydrogen) atoms. The summed E-state index contributed by atoms with van der Waals surface area (Å²) < 4.78 is 43.9. The molecule has 0 rings (SSSR count). The molecule has 0 fully saturated rings. The maximum atomic E-state index is 6.92. The predicted molar refractivity (Wildman–Crippen MR) is 128 cm³/mol. The predicted octanol–water partition coefficient (Wildman–Crippen LogP) is 4.59. The molecule has 0 aromatic carbocycles. The first-order chi connectivity index (χ1) is 14.0. The van der Waals surface area contributed by atoms with Gasteiger partial charge in [0.1, 0.15) is 0 Å². The standard InChI is InChI=1S/C20H48O7Si3/c1-12-28(21-10,15-23-18(4)5)26-30(14-3,17-25-20(8)9)27-29(13-2,22-11)16-24-19(6)7/h18-20H,12-17H2,1-11H3. The van der Waals surface area contributed by atoms with E-state index in [1.54, 1.807) is 14.2 Å². The van der Waals surface area contributed by atoms with Gasteiger partial charge in [-0.2, -0.15) is 0 Å². The van der Waals surface area contributed by atoms with Gasteiger partial charge in [0.15, 0.2) is 0 Å². The van der Waals surface area contributed by atoms with Gasteiger partial charge in [0.05, 0.1) is 37.0 Å². The normalized spacial score (nSPS) is 18.6. The Balaban J connectivity index is 5.98. The van der Waals surface area contributed by atoms with Crippen molar-refractivity contribution in [3.8, 4) is 0 Å². The van der Waals surface area contributed by atoms with Crippen LogP contribution in [-0.2, 0) is 31.3 Å². The Hall–Kier alpha value is 0.371. The maximum Gasteiger partial charge on any atom is 0.355 e. The number of hydrogen-bond acceptors (Lipinski definition) is 7. The van der Waals surface area contributed by atoms with Crippen LogP contribution in [0.5, 0.6) is 0 Å². The van der Waals surface area contributed by atoms with E-state index in [1.165, 1.54) is 0 Å². The highest BCUT2D eigenvalue weighted by atomic mass is 28.5. The van der Waals surface area contributed by atoms with E-state index in [0.29, 0.717) is 18.7 Å². The van der Waals surface area contributed by atoms with Crippen LogP contribution < -0.4 is 0 Å². The summed E-state index contributed by atoms with van der Waals surface area (Å²) in [4.78, 5) is 0. The Labute approximate surface area is 188 Å². The van der Waals surface area contributed by atoms with Gasteiger partial charge < -0.3 is 31.3 Å². The molecule has 0 amide bonds. The summed E-state index contributed by atoms with van der Waals surface area (Å²) in [5.74, 6) is 0. The third-order valence-electron chi connectivity index (χ3n) is 5.01. The van der Waals surface area contributed by atoms with Crippen LogP contribution in [-0.4, -0.2) is 76.9 Å². The van der Waals surface area contributed by atoms with Crippen molar-refractivity contribution in [2.45, 2.75) is 98.8 Å². The second kappa shape index (κ2) is 14.5. The molecule has 0 saturated carbocycles. The van der Waals surface area contributed by atoms with Crippen molar-refractivity contribution >= 4 is 25.7 Å². The molecular formula is C20H48O7Si3. The molecule has 2 atom stereocenters. The highest BCUT2D eigenvalue weighted by Crippen LogP contribution is 2.29.